The van der Waals surface area contributed by atoms with Crippen molar-refractivity contribution in [2.45, 2.75) is 103 Å². The molecule has 27 heavy (non-hydrogen) atoms. The first kappa shape index (κ1) is 23.8. The van der Waals surface area contributed by atoms with Gasteiger partial charge < -0.3 is 9.29 Å². The van der Waals surface area contributed by atoms with Gasteiger partial charge in [-0.2, -0.15) is 8.42 Å². The van der Waals surface area contributed by atoms with Crippen LogP contribution >= 0.6 is 0 Å². The van der Waals surface area contributed by atoms with Gasteiger partial charge in [0.15, 0.2) is 11.5 Å². The van der Waals surface area contributed by atoms with Crippen molar-refractivity contribution in [3.8, 4) is 11.5 Å². The van der Waals surface area contributed by atoms with Gasteiger partial charge in [-0.3, -0.25) is 0 Å². The molecule has 0 saturated heterocycles. The standard InChI is InChI=1S/C22H38O4S/c1-4-6-8-9-10-11-12-13-15-20(14-7-5-2)27(24,25)26-22-17-16-19(3)18-21(22)23/h16-18,20,23H,4-15H2,1-3H3. The Labute approximate surface area is 166 Å². The first-order valence-corrected chi connectivity index (χ1v) is 12.1. The van der Waals surface area contributed by atoms with Crippen molar-refractivity contribution in [1.29, 1.82) is 0 Å². The second-order valence-electron chi connectivity index (χ2n) is 7.58. The van der Waals surface area contributed by atoms with E-state index in [2.05, 4.69) is 13.8 Å². The number of rotatable bonds is 15. The van der Waals surface area contributed by atoms with E-state index in [9.17, 15) is 13.5 Å². The highest BCUT2D eigenvalue weighted by atomic mass is 32.2. The van der Waals surface area contributed by atoms with Crippen molar-refractivity contribution in [2.24, 2.45) is 0 Å². The van der Waals surface area contributed by atoms with Crippen molar-refractivity contribution in [1.82, 2.24) is 0 Å². The summed E-state index contributed by atoms with van der Waals surface area (Å²) in [5, 5.41) is 9.46. The molecule has 0 aliphatic carbocycles. The van der Waals surface area contributed by atoms with Gasteiger partial charge in [-0.05, 0) is 37.5 Å². The molecular formula is C22H38O4S. The minimum Gasteiger partial charge on any atom is -0.504 e. The summed E-state index contributed by atoms with van der Waals surface area (Å²) >= 11 is 0. The lowest BCUT2D eigenvalue weighted by Gasteiger charge is -2.18. The van der Waals surface area contributed by atoms with Crippen molar-refractivity contribution >= 4 is 10.1 Å². The van der Waals surface area contributed by atoms with Crippen molar-refractivity contribution in [3.05, 3.63) is 23.8 Å². The van der Waals surface area contributed by atoms with E-state index in [4.69, 9.17) is 4.18 Å². The Bertz CT molecular complexity index is 625. The van der Waals surface area contributed by atoms with Crippen LogP contribution in [0.15, 0.2) is 18.2 Å². The molecule has 0 saturated carbocycles. The summed E-state index contributed by atoms with van der Waals surface area (Å²) in [6.07, 6.45) is 12.6. The number of phenols is 1. The molecule has 0 amide bonds. The lowest BCUT2D eigenvalue weighted by Crippen LogP contribution is -2.26. The number of benzene rings is 1. The molecule has 1 aromatic rings. The van der Waals surface area contributed by atoms with E-state index in [-0.39, 0.29) is 11.5 Å². The van der Waals surface area contributed by atoms with Gasteiger partial charge in [0.25, 0.3) is 0 Å². The van der Waals surface area contributed by atoms with Gasteiger partial charge in [-0.15, -0.1) is 0 Å². The zero-order valence-electron chi connectivity index (χ0n) is 17.4. The van der Waals surface area contributed by atoms with Crippen LogP contribution in [-0.4, -0.2) is 18.8 Å². The van der Waals surface area contributed by atoms with Crippen LogP contribution in [0.25, 0.3) is 0 Å². The van der Waals surface area contributed by atoms with E-state index in [1.165, 1.54) is 50.7 Å². The van der Waals surface area contributed by atoms with E-state index in [1.54, 1.807) is 6.07 Å². The van der Waals surface area contributed by atoms with Crippen LogP contribution in [-0.2, 0) is 10.1 Å². The summed E-state index contributed by atoms with van der Waals surface area (Å²) in [5.41, 5.74) is 0.860. The topological polar surface area (TPSA) is 63.6 Å². The average Bonchev–Trinajstić information content (AvgIpc) is 2.62. The van der Waals surface area contributed by atoms with E-state index >= 15 is 0 Å². The fraction of sp³-hybridized carbons (Fsp3) is 0.727. The molecule has 0 bridgehead atoms. The number of unbranched alkanes of at least 4 members (excludes halogenated alkanes) is 8. The molecule has 0 aromatic heterocycles. The highest BCUT2D eigenvalue weighted by molar-refractivity contribution is 7.87. The van der Waals surface area contributed by atoms with Crippen molar-refractivity contribution in [2.75, 3.05) is 0 Å². The van der Waals surface area contributed by atoms with E-state index in [0.717, 1.165) is 31.2 Å². The Morgan fingerprint density at radius 1 is 0.889 bits per heavy atom. The Hall–Kier alpha value is -1.23. The molecule has 156 valence electrons. The molecule has 0 heterocycles. The lowest BCUT2D eigenvalue weighted by atomic mass is 10.0. The molecule has 0 aliphatic heterocycles. The Kier molecular flexibility index (Phi) is 11.5. The van der Waals surface area contributed by atoms with Crippen LogP contribution in [0.2, 0.25) is 0 Å². The van der Waals surface area contributed by atoms with Crippen molar-refractivity contribution in [3.63, 3.8) is 0 Å². The van der Waals surface area contributed by atoms with Gasteiger partial charge in [0, 0.05) is 0 Å². The molecule has 0 radical (unpaired) electrons. The van der Waals surface area contributed by atoms with Gasteiger partial charge in [-0.1, -0.05) is 84.1 Å². The van der Waals surface area contributed by atoms with E-state index in [0.29, 0.717) is 12.8 Å². The van der Waals surface area contributed by atoms with Crippen LogP contribution < -0.4 is 4.18 Å². The maximum atomic E-state index is 12.7. The van der Waals surface area contributed by atoms with Crippen LogP contribution in [0.4, 0.5) is 0 Å². The molecule has 1 unspecified atom stereocenters. The molecule has 1 aromatic carbocycles. The Balaban J connectivity index is 2.55. The number of hydrogen-bond acceptors (Lipinski definition) is 4. The monoisotopic (exact) mass is 398 g/mol. The molecule has 1 N–H and O–H groups in total. The van der Waals surface area contributed by atoms with Crippen LogP contribution in [0.3, 0.4) is 0 Å². The molecular weight excluding hydrogens is 360 g/mol. The van der Waals surface area contributed by atoms with Crippen LogP contribution in [0.1, 0.15) is 96.5 Å². The van der Waals surface area contributed by atoms with Gasteiger partial charge in [0.1, 0.15) is 0 Å². The zero-order valence-corrected chi connectivity index (χ0v) is 18.2. The minimum absolute atomic E-state index is 0.0259. The zero-order chi connectivity index (χ0) is 20.1. The van der Waals surface area contributed by atoms with Crippen LogP contribution in [0, 0.1) is 6.92 Å². The predicted molar refractivity (Wildman–Crippen MR) is 113 cm³/mol. The molecule has 4 nitrogen and oxygen atoms in total. The smallest absolute Gasteiger partial charge is 0.312 e. The third-order valence-electron chi connectivity index (χ3n) is 4.99. The minimum atomic E-state index is -3.75. The third kappa shape index (κ3) is 9.50. The van der Waals surface area contributed by atoms with Gasteiger partial charge in [0.05, 0.1) is 5.25 Å². The Morgan fingerprint density at radius 3 is 2.04 bits per heavy atom. The Morgan fingerprint density at radius 2 is 1.44 bits per heavy atom. The fourth-order valence-electron chi connectivity index (χ4n) is 3.26. The molecule has 0 fully saturated rings. The predicted octanol–water partition coefficient (Wildman–Crippen LogP) is 6.50. The van der Waals surface area contributed by atoms with Crippen molar-refractivity contribution < 1.29 is 17.7 Å². The normalized spacial score (nSPS) is 12.9. The first-order valence-electron chi connectivity index (χ1n) is 10.6. The number of aryl methyl sites for hydroxylation is 1. The van der Waals surface area contributed by atoms with Gasteiger partial charge >= 0.3 is 10.1 Å². The molecule has 0 spiro atoms. The quantitative estimate of drug-likeness (QED) is 0.270. The highest BCUT2D eigenvalue weighted by Crippen LogP contribution is 2.30. The first-order chi connectivity index (χ1) is 12.9. The summed E-state index contributed by atoms with van der Waals surface area (Å²) in [6.45, 7) is 6.12. The summed E-state index contributed by atoms with van der Waals surface area (Å²) in [7, 11) is -3.75. The second kappa shape index (κ2) is 13.0. The second-order valence-corrected chi connectivity index (χ2v) is 9.39. The number of aromatic hydroxyl groups is 1. The van der Waals surface area contributed by atoms with Gasteiger partial charge in [-0.25, -0.2) is 0 Å². The largest absolute Gasteiger partial charge is 0.504 e. The summed E-state index contributed by atoms with van der Waals surface area (Å²) in [4.78, 5) is 0. The van der Waals surface area contributed by atoms with E-state index in [1.807, 2.05) is 6.92 Å². The molecule has 1 atom stereocenters. The highest BCUT2D eigenvalue weighted by Gasteiger charge is 2.27. The maximum absolute atomic E-state index is 12.7. The molecule has 1 rings (SSSR count). The molecule has 0 aliphatic rings. The van der Waals surface area contributed by atoms with Gasteiger partial charge in [0.2, 0.25) is 0 Å². The third-order valence-corrected chi connectivity index (χ3v) is 6.69. The van der Waals surface area contributed by atoms with E-state index < -0.39 is 15.4 Å². The SMILES string of the molecule is CCCCCCCCCCC(CCCC)S(=O)(=O)Oc1ccc(C)cc1O. The summed E-state index contributed by atoms with van der Waals surface area (Å²) < 4.78 is 30.8. The summed E-state index contributed by atoms with van der Waals surface area (Å²) in [6, 6.07) is 4.78. The van der Waals surface area contributed by atoms with Crippen LogP contribution in [0.5, 0.6) is 11.5 Å². The molecule has 5 heteroatoms. The average molecular weight is 399 g/mol. The number of hydrogen-bond donors (Lipinski definition) is 1. The lowest BCUT2D eigenvalue weighted by molar-refractivity contribution is 0.415. The fourth-order valence-corrected chi connectivity index (χ4v) is 4.70. The maximum Gasteiger partial charge on any atom is 0.312 e. The number of phenolic OH excluding ortho intramolecular Hbond substituents is 1. The summed E-state index contributed by atoms with van der Waals surface area (Å²) in [5.74, 6) is -0.0991.